The Hall–Kier alpha value is -6.49. The predicted octanol–water partition coefficient (Wildman–Crippen LogP) is 14.4. The van der Waals surface area contributed by atoms with Crippen molar-refractivity contribution in [2.24, 2.45) is 0 Å². The smallest absolute Gasteiger partial charge is 0.252 e. The molecule has 11 rings (SSSR count). The summed E-state index contributed by atoms with van der Waals surface area (Å²) in [5, 5.41) is 1.92. The molecule has 284 valence electrons. The lowest BCUT2D eigenvalue weighted by Gasteiger charge is -2.45. The molecular weight excluding hydrogens is 794 g/mol. The fourth-order valence-electron chi connectivity index (χ4n) is 9.36. The van der Waals surface area contributed by atoms with E-state index in [1.807, 2.05) is 12.1 Å². The molecule has 0 fully saturated rings. The minimum atomic E-state index is -0.160. The average molecular weight is 828 g/mol. The average Bonchev–Trinajstić information content (AvgIpc) is 3.29. The molecule has 0 unspecified atom stereocenters. The van der Waals surface area contributed by atoms with Crippen LogP contribution in [0.25, 0.3) is 44.5 Å². The van der Waals surface area contributed by atoms with Crippen LogP contribution in [0.2, 0.25) is 15.1 Å². The van der Waals surface area contributed by atoms with Crippen LogP contribution in [0.4, 0.5) is 34.1 Å². The molecule has 0 saturated heterocycles. The fraction of sp³-hybridized carbons (Fsp3) is 0. The Labute approximate surface area is 365 Å². The van der Waals surface area contributed by atoms with Gasteiger partial charge in [-0.05, 0) is 75.0 Å². The lowest BCUT2D eigenvalue weighted by atomic mass is 9.33. The van der Waals surface area contributed by atoms with Crippen LogP contribution in [0.15, 0.2) is 206 Å². The normalized spacial score (nSPS) is 12.5. The van der Waals surface area contributed by atoms with Crippen LogP contribution in [0.3, 0.4) is 0 Å². The summed E-state index contributed by atoms with van der Waals surface area (Å²) in [6, 6.07) is 72.6. The first kappa shape index (κ1) is 36.6. The largest absolute Gasteiger partial charge is 0.310 e. The molecule has 60 heavy (non-hydrogen) atoms. The number of rotatable bonds is 6. The van der Waals surface area contributed by atoms with Crippen molar-refractivity contribution in [1.82, 2.24) is 0 Å². The van der Waals surface area contributed by atoms with Crippen LogP contribution in [0.5, 0.6) is 0 Å². The van der Waals surface area contributed by atoms with E-state index >= 15 is 0 Å². The molecule has 0 N–H and O–H groups in total. The topological polar surface area (TPSA) is 6.48 Å². The maximum absolute atomic E-state index is 7.48. The number of para-hydroxylation sites is 2. The van der Waals surface area contributed by atoms with Gasteiger partial charge in [-0.2, -0.15) is 0 Å². The highest BCUT2D eigenvalue weighted by atomic mass is 35.5. The second kappa shape index (κ2) is 15.0. The van der Waals surface area contributed by atoms with Crippen molar-refractivity contribution in [2.75, 3.05) is 9.80 Å². The Morgan fingerprint density at radius 2 is 0.617 bits per heavy atom. The van der Waals surface area contributed by atoms with Gasteiger partial charge >= 0.3 is 0 Å². The van der Waals surface area contributed by atoms with Gasteiger partial charge in [0, 0.05) is 60.1 Å². The minimum absolute atomic E-state index is 0.160. The number of fused-ring (bicyclic) bond motifs is 4. The third kappa shape index (κ3) is 6.04. The summed E-state index contributed by atoms with van der Waals surface area (Å²) in [5.41, 5.74) is 18.3. The zero-order chi connectivity index (χ0) is 40.3. The lowest BCUT2D eigenvalue weighted by Crippen LogP contribution is -2.61. The van der Waals surface area contributed by atoms with E-state index in [1.165, 1.54) is 0 Å². The number of halogens is 3. The Balaban J connectivity index is 1.28. The molecule has 6 heteroatoms. The molecule has 9 aromatic carbocycles. The summed E-state index contributed by atoms with van der Waals surface area (Å²) >= 11 is 21.5. The first-order valence-electron chi connectivity index (χ1n) is 20.0. The van der Waals surface area contributed by atoms with Gasteiger partial charge in [-0.3, -0.25) is 0 Å². The molecule has 0 aliphatic carbocycles. The fourth-order valence-corrected chi connectivity index (χ4v) is 9.90. The van der Waals surface area contributed by atoms with E-state index < -0.39 is 0 Å². The van der Waals surface area contributed by atoms with Crippen LogP contribution in [-0.2, 0) is 0 Å². The zero-order valence-corrected chi connectivity index (χ0v) is 34.5. The van der Waals surface area contributed by atoms with Crippen LogP contribution in [0, 0.1) is 0 Å². The van der Waals surface area contributed by atoms with E-state index in [0.29, 0.717) is 15.1 Å². The van der Waals surface area contributed by atoms with Crippen molar-refractivity contribution >= 4 is 92.0 Å². The van der Waals surface area contributed by atoms with Crippen molar-refractivity contribution in [3.63, 3.8) is 0 Å². The molecule has 0 aromatic heterocycles. The number of hydrogen-bond donors (Lipinski definition) is 0. The van der Waals surface area contributed by atoms with Crippen LogP contribution >= 0.6 is 34.8 Å². The molecule has 0 spiro atoms. The molecule has 2 aliphatic heterocycles. The molecule has 0 saturated carbocycles. The van der Waals surface area contributed by atoms with Crippen LogP contribution in [0.1, 0.15) is 0 Å². The molecular formula is C54H34BCl3N2. The monoisotopic (exact) mass is 826 g/mol. The van der Waals surface area contributed by atoms with Gasteiger partial charge < -0.3 is 9.80 Å². The van der Waals surface area contributed by atoms with Gasteiger partial charge in [-0.15, -0.1) is 0 Å². The standard InChI is InChI=1S/C54H34BCl3N2/c56-39-27-29-46-48(31-39)59(53-42(35-15-5-1-6-16-35)23-13-24-43(53)36-17-7-2-8-18-36)50-33-41(58)34-51-52(50)55(46)47-30-28-40(57)32-49(47)60(51)54-44(37-19-9-3-10-20-37)25-14-26-45(54)38-21-11-4-12-22-38/h1-34H. The Bertz CT molecular complexity index is 2760. The second-order valence-electron chi connectivity index (χ2n) is 15.2. The van der Waals surface area contributed by atoms with Gasteiger partial charge in [0.2, 0.25) is 0 Å². The van der Waals surface area contributed by atoms with Gasteiger partial charge in [0.15, 0.2) is 0 Å². The third-order valence-electron chi connectivity index (χ3n) is 11.8. The van der Waals surface area contributed by atoms with Gasteiger partial charge in [0.05, 0.1) is 11.4 Å². The molecule has 0 atom stereocenters. The number of nitrogens with zero attached hydrogens (tertiary/aromatic N) is 2. The molecule has 2 heterocycles. The summed E-state index contributed by atoms with van der Waals surface area (Å²) < 4.78 is 0. The molecule has 0 amide bonds. The van der Waals surface area contributed by atoms with Crippen LogP contribution < -0.4 is 26.2 Å². The minimum Gasteiger partial charge on any atom is -0.310 e. The summed E-state index contributed by atoms with van der Waals surface area (Å²) in [4.78, 5) is 4.82. The lowest BCUT2D eigenvalue weighted by molar-refractivity contribution is 1.25. The Morgan fingerprint density at radius 3 is 0.950 bits per heavy atom. The number of hydrogen-bond acceptors (Lipinski definition) is 2. The quantitative estimate of drug-likeness (QED) is 0.154. The van der Waals surface area contributed by atoms with E-state index in [1.54, 1.807) is 0 Å². The predicted molar refractivity (Wildman–Crippen MR) is 257 cm³/mol. The highest BCUT2D eigenvalue weighted by Crippen LogP contribution is 2.53. The van der Waals surface area contributed by atoms with Crippen LogP contribution in [-0.4, -0.2) is 6.71 Å². The molecule has 0 radical (unpaired) electrons. The summed E-state index contributed by atoms with van der Waals surface area (Å²) in [5.74, 6) is 0. The van der Waals surface area contributed by atoms with E-state index in [9.17, 15) is 0 Å². The number of anilines is 6. The molecule has 9 aromatic rings. The molecule has 0 bridgehead atoms. The molecule has 2 aliphatic rings. The van der Waals surface area contributed by atoms with E-state index in [4.69, 9.17) is 34.8 Å². The van der Waals surface area contributed by atoms with Gasteiger partial charge in [0.1, 0.15) is 0 Å². The first-order chi connectivity index (χ1) is 29.5. The van der Waals surface area contributed by atoms with Crippen molar-refractivity contribution in [3.05, 3.63) is 221 Å². The molecule has 2 nitrogen and oxygen atoms in total. The van der Waals surface area contributed by atoms with E-state index in [0.717, 1.165) is 95.0 Å². The highest BCUT2D eigenvalue weighted by Gasteiger charge is 2.45. The highest BCUT2D eigenvalue weighted by molar-refractivity contribution is 7.00. The summed E-state index contributed by atoms with van der Waals surface area (Å²) in [7, 11) is 0. The Kier molecular flexibility index (Phi) is 9.12. The van der Waals surface area contributed by atoms with Gasteiger partial charge in [-0.1, -0.05) is 205 Å². The summed E-state index contributed by atoms with van der Waals surface area (Å²) in [6.07, 6.45) is 0. The second-order valence-corrected chi connectivity index (χ2v) is 16.5. The maximum Gasteiger partial charge on any atom is 0.252 e. The van der Waals surface area contributed by atoms with Crippen molar-refractivity contribution < 1.29 is 0 Å². The maximum atomic E-state index is 7.48. The zero-order valence-electron chi connectivity index (χ0n) is 32.2. The van der Waals surface area contributed by atoms with Crippen molar-refractivity contribution in [2.45, 2.75) is 0 Å². The van der Waals surface area contributed by atoms with E-state index in [-0.39, 0.29) is 6.71 Å². The van der Waals surface area contributed by atoms with E-state index in [2.05, 4.69) is 204 Å². The van der Waals surface area contributed by atoms with Crippen molar-refractivity contribution in [1.29, 1.82) is 0 Å². The third-order valence-corrected chi connectivity index (χ3v) is 12.5. The van der Waals surface area contributed by atoms with Gasteiger partial charge in [-0.25, -0.2) is 0 Å². The van der Waals surface area contributed by atoms with Crippen molar-refractivity contribution in [3.8, 4) is 44.5 Å². The SMILES string of the molecule is Clc1ccc2c(c1)N(c1c(-c3ccccc3)cccc1-c1ccccc1)c1cc(Cl)cc3c1B2c1ccc(Cl)cc1N3c1c(-c2ccccc2)cccc1-c1ccccc1. The Morgan fingerprint density at radius 1 is 0.300 bits per heavy atom. The first-order valence-corrected chi connectivity index (χ1v) is 21.2. The number of benzene rings is 9. The summed E-state index contributed by atoms with van der Waals surface area (Å²) in [6.45, 7) is -0.160. The van der Waals surface area contributed by atoms with Gasteiger partial charge in [0.25, 0.3) is 6.71 Å².